The molecular weight excluding hydrogens is 532 g/mol. The lowest BCUT2D eigenvalue weighted by molar-refractivity contribution is 1.20. The highest BCUT2D eigenvalue weighted by Crippen LogP contribution is 2.46. The number of hydrogen-bond donors (Lipinski definition) is 0. The summed E-state index contributed by atoms with van der Waals surface area (Å²) in [5.41, 5.74) is 12.0. The molecule has 0 N–H and O–H groups in total. The number of nitrogens with zero attached hydrogens (tertiary/aromatic N) is 2. The van der Waals surface area contributed by atoms with Crippen molar-refractivity contribution in [2.24, 2.45) is 0 Å². The summed E-state index contributed by atoms with van der Waals surface area (Å²) in [7, 11) is 0. The second kappa shape index (κ2) is 10.6. The topological polar surface area (TPSA) is 25.8 Å². The van der Waals surface area contributed by atoms with E-state index in [4.69, 9.17) is 0 Å². The first-order valence-electron chi connectivity index (χ1n) is 15.1. The van der Waals surface area contributed by atoms with E-state index in [0.717, 1.165) is 5.69 Å². The second-order valence-corrected chi connectivity index (χ2v) is 11.5. The fraction of sp³-hybridized carbons (Fsp3) is 0.0476. The molecular formula is C42H30N2. The predicted octanol–water partition coefficient (Wildman–Crippen LogP) is 11.2. The van der Waals surface area contributed by atoms with E-state index < -0.39 is 0 Å². The molecule has 0 radical (unpaired) electrons. The maximum atomic E-state index is 4.43. The van der Waals surface area contributed by atoms with Gasteiger partial charge in [0.15, 0.2) is 0 Å². The minimum Gasteiger partial charge on any atom is -0.264 e. The Hall–Kier alpha value is -5.60. The van der Waals surface area contributed by atoms with Gasteiger partial charge in [-0.25, -0.2) is 0 Å². The molecule has 0 fully saturated rings. The van der Waals surface area contributed by atoms with Crippen molar-refractivity contribution in [2.75, 3.05) is 0 Å². The number of hydrogen-bond acceptors (Lipinski definition) is 2. The Morgan fingerprint density at radius 2 is 0.955 bits per heavy atom. The van der Waals surface area contributed by atoms with Crippen LogP contribution < -0.4 is 0 Å². The molecule has 44 heavy (non-hydrogen) atoms. The largest absolute Gasteiger partial charge is 0.264 e. The first kappa shape index (κ1) is 26.1. The molecule has 8 aromatic rings. The van der Waals surface area contributed by atoms with Crippen LogP contribution in [0.5, 0.6) is 0 Å². The Bertz CT molecular complexity index is 2290. The van der Waals surface area contributed by atoms with Crippen molar-refractivity contribution in [3.8, 4) is 44.5 Å². The van der Waals surface area contributed by atoms with Crippen LogP contribution in [0.3, 0.4) is 0 Å². The molecule has 6 aromatic carbocycles. The Morgan fingerprint density at radius 1 is 0.409 bits per heavy atom. The van der Waals surface area contributed by atoms with E-state index in [9.17, 15) is 0 Å². The molecule has 0 saturated heterocycles. The number of rotatable bonds is 4. The van der Waals surface area contributed by atoms with Gasteiger partial charge in [-0.1, -0.05) is 109 Å². The first-order valence-corrected chi connectivity index (χ1v) is 15.1. The molecule has 2 heteroatoms. The van der Waals surface area contributed by atoms with Crippen LogP contribution in [0.25, 0.3) is 76.8 Å². The van der Waals surface area contributed by atoms with Gasteiger partial charge in [0, 0.05) is 24.3 Å². The van der Waals surface area contributed by atoms with Crippen molar-refractivity contribution in [1.29, 1.82) is 0 Å². The van der Waals surface area contributed by atoms with Gasteiger partial charge >= 0.3 is 0 Å². The van der Waals surface area contributed by atoms with E-state index in [2.05, 4.69) is 144 Å². The summed E-state index contributed by atoms with van der Waals surface area (Å²) in [6.07, 6.45) is 5.69. The number of aryl methyl sites for hydroxylation is 2. The third kappa shape index (κ3) is 4.27. The highest BCUT2D eigenvalue weighted by Gasteiger charge is 2.19. The molecule has 0 saturated carbocycles. The van der Waals surface area contributed by atoms with Gasteiger partial charge in [-0.05, 0) is 114 Å². The van der Waals surface area contributed by atoms with Gasteiger partial charge in [-0.2, -0.15) is 0 Å². The SMILES string of the molecule is Cc1cc(-c2ccc(-c3c4ccccc4c(-c4ccc(-c5ccncc5C)cc4)c4ccccc34)c3ccccc23)ccn1. The molecule has 2 aromatic heterocycles. The molecule has 0 spiro atoms. The summed E-state index contributed by atoms with van der Waals surface area (Å²) in [5.74, 6) is 0. The third-order valence-electron chi connectivity index (χ3n) is 8.84. The quantitative estimate of drug-likeness (QED) is 0.199. The zero-order valence-electron chi connectivity index (χ0n) is 24.8. The summed E-state index contributed by atoms with van der Waals surface area (Å²) in [6, 6.07) is 46.5. The molecule has 0 aliphatic heterocycles. The lowest BCUT2D eigenvalue weighted by Gasteiger charge is -2.20. The number of benzene rings is 6. The molecule has 0 unspecified atom stereocenters. The average molecular weight is 563 g/mol. The molecule has 8 rings (SSSR count). The molecule has 0 atom stereocenters. The zero-order chi connectivity index (χ0) is 29.6. The molecule has 0 amide bonds. The van der Waals surface area contributed by atoms with Crippen LogP contribution in [0.4, 0.5) is 0 Å². The van der Waals surface area contributed by atoms with Crippen LogP contribution in [-0.2, 0) is 0 Å². The van der Waals surface area contributed by atoms with Crippen molar-refractivity contribution < 1.29 is 0 Å². The maximum Gasteiger partial charge on any atom is 0.0378 e. The predicted molar refractivity (Wildman–Crippen MR) is 186 cm³/mol. The summed E-state index contributed by atoms with van der Waals surface area (Å²) in [4.78, 5) is 8.71. The third-order valence-corrected chi connectivity index (χ3v) is 8.84. The summed E-state index contributed by atoms with van der Waals surface area (Å²) < 4.78 is 0. The molecule has 0 bridgehead atoms. The van der Waals surface area contributed by atoms with Gasteiger partial charge < -0.3 is 0 Å². The van der Waals surface area contributed by atoms with E-state index >= 15 is 0 Å². The van der Waals surface area contributed by atoms with Crippen molar-refractivity contribution in [3.63, 3.8) is 0 Å². The van der Waals surface area contributed by atoms with Crippen molar-refractivity contribution in [3.05, 3.63) is 157 Å². The molecule has 2 heterocycles. The number of aromatic nitrogens is 2. The van der Waals surface area contributed by atoms with Crippen LogP contribution in [0.1, 0.15) is 11.3 Å². The lowest BCUT2D eigenvalue weighted by Crippen LogP contribution is -1.93. The van der Waals surface area contributed by atoms with Crippen molar-refractivity contribution >= 4 is 32.3 Å². The van der Waals surface area contributed by atoms with Gasteiger partial charge in [0.05, 0.1) is 0 Å². The van der Waals surface area contributed by atoms with Crippen molar-refractivity contribution in [1.82, 2.24) is 9.97 Å². The Morgan fingerprint density at radius 3 is 1.57 bits per heavy atom. The lowest BCUT2D eigenvalue weighted by atomic mass is 9.83. The standard InChI is InChI=1S/C42H30N2/c1-27-26-43-23-22-32(27)29-15-17-30(18-16-29)41-36-11-5-7-13-38(36)42(39-14-8-6-12-37(39)41)40-20-19-33(31-21-24-44-28(2)25-31)34-9-3-4-10-35(34)40/h3-26H,1-2H3. The summed E-state index contributed by atoms with van der Waals surface area (Å²) in [6.45, 7) is 4.16. The minimum absolute atomic E-state index is 1.02. The monoisotopic (exact) mass is 562 g/mol. The van der Waals surface area contributed by atoms with E-state index in [1.165, 1.54) is 82.4 Å². The molecule has 0 aliphatic rings. The average Bonchev–Trinajstić information content (AvgIpc) is 3.07. The zero-order valence-corrected chi connectivity index (χ0v) is 24.8. The van der Waals surface area contributed by atoms with Crippen LogP contribution in [0.2, 0.25) is 0 Å². The highest BCUT2D eigenvalue weighted by atomic mass is 14.6. The van der Waals surface area contributed by atoms with Gasteiger partial charge in [0.2, 0.25) is 0 Å². The Kier molecular flexibility index (Phi) is 6.27. The van der Waals surface area contributed by atoms with Gasteiger partial charge in [0.1, 0.15) is 0 Å². The smallest absolute Gasteiger partial charge is 0.0378 e. The van der Waals surface area contributed by atoms with E-state index in [-0.39, 0.29) is 0 Å². The molecule has 0 aliphatic carbocycles. The van der Waals surface area contributed by atoms with E-state index in [1.807, 2.05) is 25.5 Å². The fourth-order valence-electron chi connectivity index (χ4n) is 6.83. The van der Waals surface area contributed by atoms with Gasteiger partial charge in [0.25, 0.3) is 0 Å². The summed E-state index contributed by atoms with van der Waals surface area (Å²) >= 11 is 0. The first-order chi connectivity index (χ1) is 21.7. The second-order valence-electron chi connectivity index (χ2n) is 11.5. The van der Waals surface area contributed by atoms with Crippen LogP contribution in [0, 0.1) is 13.8 Å². The van der Waals surface area contributed by atoms with Crippen molar-refractivity contribution in [2.45, 2.75) is 13.8 Å². The minimum atomic E-state index is 1.02. The Labute approximate surface area is 257 Å². The molecule has 2 nitrogen and oxygen atoms in total. The number of pyridine rings is 2. The summed E-state index contributed by atoms with van der Waals surface area (Å²) in [5, 5.41) is 7.52. The molecule has 208 valence electrons. The Balaban J connectivity index is 1.39. The van der Waals surface area contributed by atoms with Crippen LogP contribution in [0.15, 0.2) is 146 Å². The van der Waals surface area contributed by atoms with Crippen LogP contribution in [-0.4, -0.2) is 9.97 Å². The van der Waals surface area contributed by atoms with Crippen LogP contribution >= 0.6 is 0 Å². The maximum absolute atomic E-state index is 4.43. The highest BCUT2D eigenvalue weighted by molar-refractivity contribution is 6.24. The fourth-order valence-corrected chi connectivity index (χ4v) is 6.83. The normalized spacial score (nSPS) is 11.4. The van der Waals surface area contributed by atoms with E-state index in [0.29, 0.717) is 0 Å². The number of fused-ring (bicyclic) bond motifs is 3. The van der Waals surface area contributed by atoms with Gasteiger partial charge in [-0.3, -0.25) is 9.97 Å². The van der Waals surface area contributed by atoms with E-state index in [1.54, 1.807) is 0 Å². The van der Waals surface area contributed by atoms with Gasteiger partial charge in [-0.15, -0.1) is 0 Å².